The van der Waals surface area contributed by atoms with Crippen LogP contribution in [0.5, 0.6) is 0 Å². The maximum atomic E-state index is 13.7. The lowest BCUT2D eigenvalue weighted by Gasteiger charge is -2.40. The number of rotatable bonds is 9. The van der Waals surface area contributed by atoms with E-state index >= 15 is 0 Å². The molecule has 0 bridgehead atoms. The van der Waals surface area contributed by atoms with Crippen LogP contribution in [0.2, 0.25) is 0 Å². The minimum absolute atomic E-state index is 0.692. The van der Waals surface area contributed by atoms with Gasteiger partial charge in [0.25, 0.3) is 0 Å². The molecule has 2 unspecified atom stereocenters. The number of aliphatic carboxylic acids is 1. The fraction of sp³-hybridized carbons (Fsp3) is 0.889. The molecule has 0 amide bonds. The van der Waals surface area contributed by atoms with Crippen LogP contribution in [0, 0.1) is 0 Å². The molecule has 0 spiro atoms. The molecule has 0 aliphatic heterocycles. The summed E-state index contributed by atoms with van der Waals surface area (Å²) < 4.78 is 209. The number of nitrogens with zero attached hydrogens (tertiary/aromatic N) is 3. The second-order valence-electron chi connectivity index (χ2n) is 5.03. The van der Waals surface area contributed by atoms with Crippen LogP contribution in [-0.2, 0) is 14.3 Å². The van der Waals surface area contributed by atoms with E-state index in [1.54, 1.807) is 4.74 Å². The van der Waals surface area contributed by atoms with Crippen molar-refractivity contribution in [3.05, 3.63) is 10.4 Å². The molecule has 7 nitrogen and oxygen atoms in total. The molecule has 0 saturated carbocycles. The van der Waals surface area contributed by atoms with Crippen molar-refractivity contribution >= 4 is 5.97 Å². The van der Waals surface area contributed by atoms with E-state index in [4.69, 9.17) is 10.6 Å². The molecular weight excluding hydrogens is 518 g/mol. The molecule has 0 aromatic carbocycles. The fourth-order valence-electron chi connectivity index (χ4n) is 1.28. The number of azide groups is 1. The second kappa shape index (κ2) is 7.86. The molecule has 0 fully saturated rings. The van der Waals surface area contributed by atoms with Crippen molar-refractivity contribution in [3.63, 3.8) is 0 Å². The van der Waals surface area contributed by atoms with Gasteiger partial charge in [-0.25, -0.2) is 4.79 Å². The van der Waals surface area contributed by atoms with Crippen LogP contribution in [-0.4, -0.2) is 59.3 Å². The standard InChI is InChI=1S/C9HF16N3O4/c10-2(1(29)30,5(14,15)16)31-9(24,25)4(13,6(17,18)19)32-8(22,23)3(11,12)7(20,21)27-28-26/h(H,29,30). The zero-order valence-electron chi connectivity index (χ0n) is 13.6. The first-order chi connectivity index (χ1) is 13.7. The molecule has 0 saturated heterocycles. The Bertz CT molecular complexity index is 774. The Morgan fingerprint density at radius 1 is 0.719 bits per heavy atom. The molecule has 0 radical (unpaired) electrons. The minimum Gasteiger partial charge on any atom is -0.477 e. The molecular formula is C9HF16N3O4. The Labute approximate surface area is 161 Å². The number of ether oxygens (including phenoxy) is 2. The van der Waals surface area contributed by atoms with Gasteiger partial charge in [-0.3, -0.25) is 9.47 Å². The van der Waals surface area contributed by atoms with Gasteiger partial charge in [-0.1, -0.05) is 0 Å². The Balaban J connectivity index is 6.76. The summed E-state index contributed by atoms with van der Waals surface area (Å²) in [7, 11) is 0. The number of carboxylic acid groups (broad SMARTS) is 1. The number of carbonyl (C=O) groups is 1. The Morgan fingerprint density at radius 2 is 1.12 bits per heavy atom. The number of alkyl halides is 16. The Morgan fingerprint density at radius 3 is 1.41 bits per heavy atom. The van der Waals surface area contributed by atoms with Gasteiger partial charge >= 0.3 is 54.2 Å². The van der Waals surface area contributed by atoms with Crippen molar-refractivity contribution in [2.45, 2.75) is 48.2 Å². The molecule has 0 heterocycles. The zero-order valence-corrected chi connectivity index (χ0v) is 13.6. The van der Waals surface area contributed by atoms with Crippen molar-refractivity contribution in [2.24, 2.45) is 5.11 Å². The van der Waals surface area contributed by atoms with E-state index in [9.17, 15) is 75.0 Å². The van der Waals surface area contributed by atoms with Crippen molar-refractivity contribution in [1.82, 2.24) is 0 Å². The molecule has 0 aliphatic carbocycles. The predicted molar refractivity (Wildman–Crippen MR) is 58.5 cm³/mol. The number of hydrogen-bond acceptors (Lipinski definition) is 4. The third kappa shape index (κ3) is 4.67. The molecule has 0 rings (SSSR count). The second-order valence-corrected chi connectivity index (χ2v) is 5.03. The highest BCUT2D eigenvalue weighted by Crippen LogP contribution is 2.56. The monoisotopic (exact) mass is 519 g/mol. The van der Waals surface area contributed by atoms with Crippen LogP contribution >= 0.6 is 0 Å². The Hall–Kier alpha value is -2.42. The van der Waals surface area contributed by atoms with Gasteiger partial charge in [-0.05, 0) is 10.6 Å². The van der Waals surface area contributed by atoms with Crippen LogP contribution in [0.3, 0.4) is 0 Å². The summed E-state index contributed by atoms with van der Waals surface area (Å²) >= 11 is 0. The first kappa shape index (κ1) is 29.6. The van der Waals surface area contributed by atoms with Crippen molar-refractivity contribution in [2.75, 3.05) is 0 Å². The molecule has 32 heavy (non-hydrogen) atoms. The summed E-state index contributed by atoms with van der Waals surface area (Å²) in [5.41, 5.74) is 7.54. The van der Waals surface area contributed by atoms with Gasteiger partial charge in [-0.2, -0.15) is 70.2 Å². The van der Waals surface area contributed by atoms with Crippen molar-refractivity contribution in [3.8, 4) is 0 Å². The van der Waals surface area contributed by atoms with Gasteiger partial charge in [0.2, 0.25) is 0 Å². The lowest BCUT2D eigenvalue weighted by molar-refractivity contribution is -0.544. The molecule has 188 valence electrons. The topological polar surface area (TPSA) is 105 Å². The van der Waals surface area contributed by atoms with Crippen LogP contribution in [0.4, 0.5) is 70.2 Å². The molecule has 0 aromatic heterocycles. The molecule has 0 aliphatic rings. The highest BCUT2D eigenvalue weighted by atomic mass is 19.4. The number of carboxylic acids is 1. The third-order valence-electron chi connectivity index (χ3n) is 2.83. The van der Waals surface area contributed by atoms with Gasteiger partial charge in [0.15, 0.2) is 0 Å². The van der Waals surface area contributed by atoms with Gasteiger partial charge in [0.1, 0.15) is 0 Å². The Kier molecular flexibility index (Phi) is 7.27. The van der Waals surface area contributed by atoms with Gasteiger partial charge in [0, 0.05) is 4.91 Å². The van der Waals surface area contributed by atoms with E-state index in [1.165, 1.54) is 4.74 Å². The highest BCUT2D eigenvalue weighted by molar-refractivity contribution is 5.76. The summed E-state index contributed by atoms with van der Waals surface area (Å²) in [6.45, 7) is 0. The first-order valence-corrected chi connectivity index (χ1v) is 6.39. The summed E-state index contributed by atoms with van der Waals surface area (Å²) in [5.74, 6) is -27.0. The smallest absolute Gasteiger partial charge is 0.460 e. The van der Waals surface area contributed by atoms with Gasteiger partial charge in [0.05, 0.1) is 0 Å². The molecule has 1 N–H and O–H groups in total. The van der Waals surface area contributed by atoms with E-state index in [2.05, 4.69) is 0 Å². The van der Waals surface area contributed by atoms with E-state index in [-0.39, 0.29) is 0 Å². The third-order valence-corrected chi connectivity index (χ3v) is 2.83. The van der Waals surface area contributed by atoms with E-state index in [0.29, 0.717) is 5.11 Å². The van der Waals surface area contributed by atoms with E-state index in [0.717, 1.165) is 4.91 Å². The van der Waals surface area contributed by atoms with Crippen molar-refractivity contribution in [1.29, 1.82) is 0 Å². The highest BCUT2D eigenvalue weighted by Gasteiger charge is 2.85. The summed E-state index contributed by atoms with van der Waals surface area (Å²) in [6.07, 6.45) is -31.0. The van der Waals surface area contributed by atoms with Crippen LogP contribution < -0.4 is 0 Å². The largest absolute Gasteiger partial charge is 0.477 e. The van der Waals surface area contributed by atoms with Crippen LogP contribution in [0.15, 0.2) is 5.11 Å². The molecule has 2 atom stereocenters. The average Bonchev–Trinajstić information content (AvgIpc) is 2.50. The summed E-state index contributed by atoms with van der Waals surface area (Å²) in [5, 5.41) is 8.61. The maximum absolute atomic E-state index is 13.7. The summed E-state index contributed by atoms with van der Waals surface area (Å²) in [6, 6.07) is -6.86. The normalized spacial score (nSPS) is 18.4. The number of hydrogen-bond donors (Lipinski definition) is 1. The van der Waals surface area contributed by atoms with Crippen LogP contribution in [0.1, 0.15) is 0 Å². The SMILES string of the molecule is [N-]=[N+]=NC(F)(F)C(F)(F)C(F)(F)OC(F)(C(F)(F)F)C(F)(F)OC(F)(C(=O)O)C(F)(F)F. The fourth-order valence-corrected chi connectivity index (χ4v) is 1.28. The molecule has 0 aromatic rings. The van der Waals surface area contributed by atoms with Gasteiger partial charge < -0.3 is 5.11 Å². The lowest BCUT2D eigenvalue weighted by atomic mass is 10.2. The first-order valence-electron chi connectivity index (χ1n) is 6.39. The predicted octanol–water partition coefficient (Wildman–Crippen LogP) is 5.28. The number of halogens is 16. The lowest BCUT2D eigenvalue weighted by Crippen LogP contribution is -2.68. The average molecular weight is 519 g/mol. The zero-order chi connectivity index (χ0) is 26.4. The maximum Gasteiger partial charge on any atom is 0.460 e. The van der Waals surface area contributed by atoms with Gasteiger partial charge in [-0.15, -0.1) is 0 Å². The quantitative estimate of drug-likeness (QED) is 0.147. The minimum atomic E-state index is -8.06. The van der Waals surface area contributed by atoms with Crippen molar-refractivity contribution < 1.29 is 89.6 Å². The van der Waals surface area contributed by atoms with E-state index < -0.39 is 54.2 Å². The van der Waals surface area contributed by atoms with E-state index in [1.807, 2.05) is 0 Å². The molecule has 23 heteroatoms. The summed E-state index contributed by atoms with van der Waals surface area (Å²) in [4.78, 5) is 11.0. The van der Waals surface area contributed by atoms with Crippen LogP contribution in [0.25, 0.3) is 10.4 Å².